The van der Waals surface area contributed by atoms with E-state index in [1.807, 2.05) is 0 Å². The fourth-order valence-electron chi connectivity index (χ4n) is 2.43. The zero-order valence-electron chi connectivity index (χ0n) is 13.0. The van der Waals surface area contributed by atoms with Crippen molar-refractivity contribution >= 4 is 25.8 Å². The third-order valence-electron chi connectivity index (χ3n) is 3.83. The summed E-state index contributed by atoms with van der Waals surface area (Å²) in [7, 11) is -9.36. The van der Waals surface area contributed by atoms with Crippen molar-refractivity contribution in [2.24, 2.45) is 17.4 Å². The number of aryl methyl sites for hydroxylation is 1. The van der Waals surface area contributed by atoms with Gasteiger partial charge >= 0.3 is 0 Å². The van der Waals surface area contributed by atoms with Gasteiger partial charge in [-0.15, -0.1) is 0 Å². The number of hydrogen-bond acceptors (Lipinski definition) is 6. The summed E-state index contributed by atoms with van der Waals surface area (Å²) in [4.78, 5) is -1.09. The number of nitrogens with two attached hydrogens (primary N) is 2. The fraction of sp³-hybridized carbons (Fsp3) is 0.286. The van der Waals surface area contributed by atoms with Gasteiger partial charge in [0.05, 0.1) is 5.66 Å². The average Bonchev–Trinajstić information content (AvgIpc) is 2.38. The molecule has 0 fully saturated rings. The van der Waals surface area contributed by atoms with Crippen LogP contribution in [0.2, 0.25) is 0 Å². The zero-order chi connectivity index (χ0) is 18.5. The van der Waals surface area contributed by atoms with Gasteiger partial charge in [-0.3, -0.25) is 9.11 Å². The fourth-order valence-corrected chi connectivity index (χ4v) is 3.92. The van der Waals surface area contributed by atoms with E-state index in [0.717, 1.165) is 12.1 Å². The molecule has 0 heterocycles. The molecule has 6 N–H and O–H groups in total. The lowest BCUT2D eigenvalue weighted by Crippen LogP contribution is -2.54. The SMILES string of the molecule is Cc1ccc(S(=O)(=O)O)c(C2=CC(C)C(N)(N)C=C2S(=O)(=O)O)c1. The van der Waals surface area contributed by atoms with E-state index in [-0.39, 0.29) is 11.1 Å². The van der Waals surface area contributed by atoms with Gasteiger partial charge in [-0.2, -0.15) is 16.8 Å². The average molecular weight is 374 g/mol. The Morgan fingerprint density at radius 2 is 1.67 bits per heavy atom. The molecule has 0 saturated carbocycles. The van der Waals surface area contributed by atoms with E-state index in [1.165, 1.54) is 18.2 Å². The molecule has 1 aliphatic carbocycles. The van der Waals surface area contributed by atoms with Crippen molar-refractivity contribution in [3.63, 3.8) is 0 Å². The van der Waals surface area contributed by atoms with Gasteiger partial charge in [-0.1, -0.05) is 30.7 Å². The molecule has 8 nitrogen and oxygen atoms in total. The first-order valence-electron chi connectivity index (χ1n) is 6.82. The Morgan fingerprint density at radius 1 is 1.08 bits per heavy atom. The summed E-state index contributed by atoms with van der Waals surface area (Å²) >= 11 is 0. The van der Waals surface area contributed by atoms with E-state index in [4.69, 9.17) is 11.5 Å². The Kier molecular flexibility index (Phi) is 4.50. The number of rotatable bonds is 3. The summed E-state index contributed by atoms with van der Waals surface area (Å²) in [5, 5.41) is 0. The summed E-state index contributed by atoms with van der Waals surface area (Å²) in [6, 6.07) is 3.99. The van der Waals surface area contributed by atoms with Gasteiger partial charge in [0.15, 0.2) is 0 Å². The lowest BCUT2D eigenvalue weighted by atomic mass is 9.85. The number of allylic oxidation sites excluding steroid dienone is 1. The third-order valence-corrected chi connectivity index (χ3v) is 5.64. The van der Waals surface area contributed by atoms with Gasteiger partial charge in [-0.05, 0) is 19.1 Å². The zero-order valence-corrected chi connectivity index (χ0v) is 14.6. The van der Waals surface area contributed by atoms with Crippen molar-refractivity contribution < 1.29 is 25.9 Å². The predicted octanol–water partition coefficient (Wildman–Crippen LogP) is 0.660. The second-order valence-electron chi connectivity index (χ2n) is 5.83. The molecule has 1 aliphatic rings. The molecule has 0 amide bonds. The second kappa shape index (κ2) is 5.76. The van der Waals surface area contributed by atoms with E-state index in [1.54, 1.807) is 13.8 Å². The maximum Gasteiger partial charge on any atom is 0.295 e. The van der Waals surface area contributed by atoms with Crippen molar-refractivity contribution in [3.05, 3.63) is 46.4 Å². The van der Waals surface area contributed by atoms with Gasteiger partial charge in [-0.25, -0.2) is 0 Å². The molecule has 0 radical (unpaired) electrons. The van der Waals surface area contributed by atoms with Crippen LogP contribution in [0, 0.1) is 12.8 Å². The van der Waals surface area contributed by atoms with Crippen molar-refractivity contribution in [3.8, 4) is 0 Å². The van der Waals surface area contributed by atoms with Crippen LogP contribution < -0.4 is 11.5 Å². The van der Waals surface area contributed by atoms with E-state index in [0.29, 0.717) is 5.56 Å². The summed E-state index contributed by atoms with van der Waals surface area (Å²) in [6.45, 7) is 3.28. The van der Waals surface area contributed by atoms with Crippen LogP contribution in [-0.2, 0) is 20.2 Å². The molecule has 0 aromatic heterocycles. The molecule has 2 rings (SSSR count). The van der Waals surface area contributed by atoms with Crippen LogP contribution >= 0.6 is 0 Å². The third kappa shape index (κ3) is 3.58. The van der Waals surface area contributed by atoms with Gasteiger partial charge < -0.3 is 11.5 Å². The summed E-state index contributed by atoms with van der Waals surface area (Å²) in [5.74, 6) is -0.562. The van der Waals surface area contributed by atoms with Crippen LogP contribution in [0.4, 0.5) is 0 Å². The maximum atomic E-state index is 11.7. The van der Waals surface area contributed by atoms with Gasteiger partial charge in [0, 0.05) is 17.1 Å². The van der Waals surface area contributed by atoms with Crippen LogP contribution in [0.15, 0.2) is 40.2 Å². The van der Waals surface area contributed by atoms with Gasteiger partial charge in [0.1, 0.15) is 9.80 Å². The highest BCUT2D eigenvalue weighted by molar-refractivity contribution is 7.90. The molecule has 0 spiro atoms. The van der Waals surface area contributed by atoms with Crippen LogP contribution in [0.1, 0.15) is 18.1 Å². The van der Waals surface area contributed by atoms with Crippen LogP contribution in [0.25, 0.3) is 5.57 Å². The van der Waals surface area contributed by atoms with Crippen LogP contribution in [-0.4, -0.2) is 31.6 Å². The Bertz CT molecular complexity index is 959. The van der Waals surface area contributed by atoms with E-state index < -0.39 is 41.6 Å². The molecule has 0 saturated heterocycles. The molecule has 1 aromatic carbocycles. The van der Waals surface area contributed by atoms with Crippen molar-refractivity contribution in [2.45, 2.75) is 24.4 Å². The van der Waals surface area contributed by atoms with Crippen molar-refractivity contribution in [2.75, 3.05) is 0 Å². The van der Waals surface area contributed by atoms with Crippen LogP contribution in [0.3, 0.4) is 0 Å². The minimum atomic E-state index is -4.74. The molecule has 10 heteroatoms. The van der Waals surface area contributed by atoms with Gasteiger partial charge in [0.2, 0.25) is 0 Å². The van der Waals surface area contributed by atoms with Crippen molar-refractivity contribution in [1.29, 1.82) is 0 Å². The Hall–Kier alpha value is -1.56. The Labute approximate surface area is 140 Å². The monoisotopic (exact) mass is 374 g/mol. The molecule has 1 aromatic rings. The molecular formula is C14H18N2O6S2. The largest absolute Gasteiger partial charge is 0.310 e. The van der Waals surface area contributed by atoms with Crippen molar-refractivity contribution in [1.82, 2.24) is 0 Å². The first-order valence-corrected chi connectivity index (χ1v) is 9.70. The minimum absolute atomic E-state index is 0.0660. The van der Waals surface area contributed by atoms with Gasteiger partial charge in [0.25, 0.3) is 20.2 Å². The standard InChI is InChI=1S/C14H18N2O6S2/c1-8-3-4-12(23(17,18)19)10(5-8)11-6-9(2)14(15,16)7-13(11)24(20,21)22/h3-7,9H,15-16H2,1-2H3,(H,17,18,19)(H,20,21,22). The molecule has 1 atom stereocenters. The molecular weight excluding hydrogens is 356 g/mol. The topological polar surface area (TPSA) is 161 Å². The normalized spacial score (nSPS) is 21.2. The second-order valence-corrected chi connectivity index (χ2v) is 8.61. The maximum absolute atomic E-state index is 11.7. The molecule has 0 bridgehead atoms. The smallest absolute Gasteiger partial charge is 0.295 e. The lowest BCUT2D eigenvalue weighted by Gasteiger charge is -2.32. The first-order chi connectivity index (χ1) is 10.7. The molecule has 1 unspecified atom stereocenters. The summed E-state index contributed by atoms with van der Waals surface area (Å²) in [5.41, 5.74) is 10.6. The quantitative estimate of drug-likeness (QED) is 0.443. The molecule has 0 aliphatic heterocycles. The molecule has 24 heavy (non-hydrogen) atoms. The highest BCUT2D eigenvalue weighted by Gasteiger charge is 2.36. The van der Waals surface area contributed by atoms with E-state index in [2.05, 4.69) is 0 Å². The summed E-state index contributed by atoms with van der Waals surface area (Å²) in [6.07, 6.45) is 2.32. The summed E-state index contributed by atoms with van der Waals surface area (Å²) < 4.78 is 65.6. The Balaban J connectivity index is 2.85. The Morgan fingerprint density at radius 3 is 2.17 bits per heavy atom. The molecule has 132 valence electrons. The number of benzene rings is 1. The highest BCUT2D eigenvalue weighted by atomic mass is 32.2. The van der Waals surface area contributed by atoms with E-state index >= 15 is 0 Å². The first kappa shape index (κ1) is 18.8. The van der Waals surface area contributed by atoms with Crippen LogP contribution in [0.5, 0.6) is 0 Å². The highest BCUT2D eigenvalue weighted by Crippen LogP contribution is 2.38. The lowest BCUT2D eigenvalue weighted by molar-refractivity contribution is 0.429. The van der Waals surface area contributed by atoms with E-state index in [9.17, 15) is 25.9 Å². The minimum Gasteiger partial charge on any atom is -0.310 e. The number of hydrogen-bond donors (Lipinski definition) is 4. The predicted molar refractivity (Wildman–Crippen MR) is 88.9 cm³/mol.